The first-order valence-electron chi connectivity index (χ1n) is 5.11. The second kappa shape index (κ2) is 5.03. The SMILES string of the molecule is COC(C)(C)CNS(=O)(=O)c1ccccc1O. The summed E-state index contributed by atoms with van der Waals surface area (Å²) in [4.78, 5) is -0.132. The van der Waals surface area contributed by atoms with Gasteiger partial charge in [0.15, 0.2) is 0 Å². The van der Waals surface area contributed by atoms with Crippen LogP contribution in [0.5, 0.6) is 5.75 Å². The van der Waals surface area contributed by atoms with Crippen LogP contribution in [-0.4, -0.2) is 32.8 Å². The third-order valence-electron chi connectivity index (χ3n) is 2.40. The fourth-order valence-electron chi connectivity index (χ4n) is 1.10. The Morgan fingerprint density at radius 2 is 1.94 bits per heavy atom. The van der Waals surface area contributed by atoms with Crippen LogP contribution in [0, 0.1) is 0 Å². The molecule has 1 aromatic rings. The zero-order valence-electron chi connectivity index (χ0n) is 10.1. The van der Waals surface area contributed by atoms with E-state index in [-0.39, 0.29) is 17.2 Å². The van der Waals surface area contributed by atoms with Gasteiger partial charge in [-0.25, -0.2) is 13.1 Å². The molecule has 0 heterocycles. The predicted molar refractivity (Wildman–Crippen MR) is 64.4 cm³/mol. The maximum Gasteiger partial charge on any atom is 0.244 e. The first kappa shape index (κ1) is 14.0. The molecule has 0 aliphatic rings. The van der Waals surface area contributed by atoms with Crippen molar-refractivity contribution in [1.82, 2.24) is 4.72 Å². The van der Waals surface area contributed by atoms with Crippen molar-refractivity contribution >= 4 is 10.0 Å². The van der Waals surface area contributed by atoms with Crippen LogP contribution in [0.25, 0.3) is 0 Å². The highest BCUT2D eigenvalue weighted by Gasteiger charge is 2.23. The van der Waals surface area contributed by atoms with Crippen molar-refractivity contribution in [3.8, 4) is 5.75 Å². The number of sulfonamides is 1. The summed E-state index contributed by atoms with van der Waals surface area (Å²) in [6, 6.07) is 5.79. The summed E-state index contributed by atoms with van der Waals surface area (Å²) >= 11 is 0. The molecule has 1 rings (SSSR count). The minimum Gasteiger partial charge on any atom is -0.507 e. The van der Waals surface area contributed by atoms with Crippen molar-refractivity contribution in [2.45, 2.75) is 24.3 Å². The fourth-order valence-corrected chi connectivity index (χ4v) is 2.40. The minimum absolute atomic E-state index is 0.125. The Hall–Kier alpha value is -1.11. The zero-order chi connectivity index (χ0) is 13.1. The van der Waals surface area contributed by atoms with Crippen molar-refractivity contribution in [2.24, 2.45) is 0 Å². The smallest absolute Gasteiger partial charge is 0.244 e. The van der Waals surface area contributed by atoms with E-state index in [1.54, 1.807) is 26.0 Å². The molecule has 0 bridgehead atoms. The predicted octanol–water partition coefficient (Wildman–Crippen LogP) is 1.10. The van der Waals surface area contributed by atoms with Gasteiger partial charge in [0.1, 0.15) is 10.6 Å². The molecule has 2 N–H and O–H groups in total. The van der Waals surface area contributed by atoms with E-state index in [0.29, 0.717) is 0 Å². The Balaban J connectivity index is 2.88. The number of methoxy groups -OCH3 is 1. The summed E-state index contributed by atoms with van der Waals surface area (Å²) in [5.74, 6) is -0.268. The van der Waals surface area contributed by atoms with E-state index in [2.05, 4.69) is 4.72 Å². The molecular formula is C11H17NO4S. The van der Waals surface area contributed by atoms with Gasteiger partial charge in [-0.05, 0) is 26.0 Å². The summed E-state index contributed by atoms with van der Waals surface area (Å²) in [5.41, 5.74) is -0.600. The maximum atomic E-state index is 11.9. The lowest BCUT2D eigenvalue weighted by Gasteiger charge is -2.23. The molecule has 0 aliphatic carbocycles. The van der Waals surface area contributed by atoms with Gasteiger partial charge in [-0.15, -0.1) is 0 Å². The van der Waals surface area contributed by atoms with Crippen LogP contribution < -0.4 is 4.72 Å². The highest BCUT2D eigenvalue weighted by Crippen LogP contribution is 2.21. The second-order valence-electron chi connectivity index (χ2n) is 4.26. The number of ether oxygens (including phenoxy) is 1. The molecule has 5 nitrogen and oxygen atoms in total. The molecule has 0 saturated carbocycles. The number of aromatic hydroxyl groups is 1. The number of nitrogens with one attached hydrogen (secondary N) is 1. The Kier molecular flexibility index (Phi) is 4.13. The molecule has 17 heavy (non-hydrogen) atoms. The van der Waals surface area contributed by atoms with Crippen LogP contribution in [0.4, 0.5) is 0 Å². The van der Waals surface area contributed by atoms with Crippen LogP contribution in [-0.2, 0) is 14.8 Å². The molecule has 1 aromatic carbocycles. The van der Waals surface area contributed by atoms with E-state index in [4.69, 9.17) is 4.74 Å². The van der Waals surface area contributed by atoms with E-state index in [9.17, 15) is 13.5 Å². The summed E-state index contributed by atoms with van der Waals surface area (Å²) in [5, 5.41) is 9.48. The van der Waals surface area contributed by atoms with Gasteiger partial charge in [0.05, 0.1) is 5.60 Å². The van der Waals surface area contributed by atoms with Gasteiger partial charge in [-0.3, -0.25) is 0 Å². The van der Waals surface area contributed by atoms with Gasteiger partial charge in [-0.2, -0.15) is 0 Å². The molecule has 0 radical (unpaired) electrons. The van der Waals surface area contributed by atoms with Crippen LogP contribution in [0.15, 0.2) is 29.2 Å². The van der Waals surface area contributed by atoms with Crippen molar-refractivity contribution in [3.05, 3.63) is 24.3 Å². The van der Waals surface area contributed by atoms with Gasteiger partial charge < -0.3 is 9.84 Å². The number of phenolic OH excluding ortho intramolecular Hbond substituents is 1. The Labute approximate surface area is 101 Å². The maximum absolute atomic E-state index is 11.9. The molecule has 0 aliphatic heterocycles. The summed E-state index contributed by atoms with van der Waals surface area (Å²) in [6.07, 6.45) is 0. The van der Waals surface area contributed by atoms with Crippen LogP contribution in [0.3, 0.4) is 0 Å². The molecule has 96 valence electrons. The molecule has 0 atom stereocenters. The molecule has 0 spiro atoms. The van der Waals surface area contributed by atoms with Crippen LogP contribution >= 0.6 is 0 Å². The van der Waals surface area contributed by atoms with Gasteiger partial charge in [0, 0.05) is 13.7 Å². The lowest BCUT2D eigenvalue weighted by atomic mass is 10.1. The van der Waals surface area contributed by atoms with Crippen molar-refractivity contribution in [3.63, 3.8) is 0 Å². The van der Waals surface area contributed by atoms with Gasteiger partial charge in [0.2, 0.25) is 10.0 Å². The topological polar surface area (TPSA) is 75.6 Å². The average Bonchev–Trinajstić information content (AvgIpc) is 2.27. The largest absolute Gasteiger partial charge is 0.507 e. The van der Waals surface area contributed by atoms with Crippen LogP contribution in [0.1, 0.15) is 13.8 Å². The average molecular weight is 259 g/mol. The van der Waals surface area contributed by atoms with Gasteiger partial charge in [0.25, 0.3) is 0 Å². The van der Waals surface area contributed by atoms with Gasteiger partial charge >= 0.3 is 0 Å². The quantitative estimate of drug-likeness (QED) is 0.830. The monoisotopic (exact) mass is 259 g/mol. The van der Waals surface area contributed by atoms with E-state index >= 15 is 0 Å². The normalized spacial score (nSPS) is 12.6. The Bertz CT molecular complexity index is 482. The number of hydrogen-bond donors (Lipinski definition) is 2. The molecule has 0 amide bonds. The molecule has 0 saturated heterocycles. The Morgan fingerprint density at radius 3 is 2.47 bits per heavy atom. The zero-order valence-corrected chi connectivity index (χ0v) is 10.9. The summed E-state index contributed by atoms with van der Waals surface area (Å²) in [6.45, 7) is 3.65. The number of phenols is 1. The number of benzene rings is 1. The first-order chi connectivity index (χ1) is 7.78. The standard InChI is InChI=1S/C11H17NO4S/c1-11(2,16-3)8-12-17(14,15)10-7-5-4-6-9(10)13/h4-7,12-13H,8H2,1-3H3. The fraction of sp³-hybridized carbons (Fsp3) is 0.455. The van der Waals surface area contributed by atoms with E-state index < -0.39 is 15.6 Å². The lowest BCUT2D eigenvalue weighted by molar-refractivity contribution is 0.0276. The van der Waals surface area contributed by atoms with Crippen molar-refractivity contribution in [2.75, 3.05) is 13.7 Å². The molecular weight excluding hydrogens is 242 g/mol. The van der Waals surface area contributed by atoms with E-state index in [1.807, 2.05) is 0 Å². The molecule has 0 unspecified atom stereocenters. The molecule has 0 fully saturated rings. The number of para-hydroxylation sites is 1. The van der Waals surface area contributed by atoms with Crippen molar-refractivity contribution in [1.29, 1.82) is 0 Å². The Morgan fingerprint density at radius 1 is 1.35 bits per heavy atom. The summed E-state index contributed by atoms with van der Waals surface area (Å²) < 4.78 is 31.3. The van der Waals surface area contributed by atoms with E-state index in [0.717, 1.165) is 0 Å². The second-order valence-corrected chi connectivity index (χ2v) is 5.99. The molecule has 6 heteroatoms. The lowest BCUT2D eigenvalue weighted by Crippen LogP contribution is -2.39. The minimum atomic E-state index is -3.71. The highest BCUT2D eigenvalue weighted by atomic mass is 32.2. The first-order valence-corrected chi connectivity index (χ1v) is 6.60. The highest BCUT2D eigenvalue weighted by molar-refractivity contribution is 7.89. The number of rotatable bonds is 5. The number of hydrogen-bond acceptors (Lipinski definition) is 4. The van der Waals surface area contributed by atoms with Crippen LogP contribution in [0.2, 0.25) is 0 Å². The summed E-state index contributed by atoms with van der Waals surface area (Å²) in [7, 11) is -2.21. The van der Waals surface area contributed by atoms with Gasteiger partial charge in [-0.1, -0.05) is 12.1 Å². The molecule has 0 aromatic heterocycles. The third-order valence-corrected chi connectivity index (χ3v) is 3.84. The van der Waals surface area contributed by atoms with E-state index in [1.165, 1.54) is 19.2 Å². The third kappa shape index (κ3) is 3.69. The van der Waals surface area contributed by atoms with Crippen molar-refractivity contribution < 1.29 is 18.3 Å².